The number of carbonyl (C=O) groups excluding carboxylic acids is 1. The van der Waals surface area contributed by atoms with E-state index < -0.39 is 0 Å². The maximum Gasteiger partial charge on any atom is 0.368 e. The van der Waals surface area contributed by atoms with E-state index in [1.54, 1.807) is 12.1 Å². The van der Waals surface area contributed by atoms with E-state index in [1.807, 2.05) is 18.2 Å². The fraction of sp³-hybridized carbons (Fsp3) is 0.143. The van der Waals surface area contributed by atoms with E-state index >= 15 is 0 Å². The van der Waals surface area contributed by atoms with Crippen LogP contribution < -0.4 is 11.0 Å². The van der Waals surface area contributed by atoms with Gasteiger partial charge in [0.25, 0.3) is 5.91 Å². The number of amides is 1. The van der Waals surface area contributed by atoms with Gasteiger partial charge in [0.15, 0.2) is 0 Å². The lowest BCUT2D eigenvalue weighted by Gasteiger charge is -2.03. The van der Waals surface area contributed by atoms with E-state index in [-0.39, 0.29) is 30.4 Å². The molecule has 1 N–H and O–H groups in total. The third-order valence-electron chi connectivity index (χ3n) is 3.05. The molecule has 0 aliphatic heterocycles. The molecule has 116 valence electrons. The molecule has 1 amide bonds. The molecular formula is C14H13N7O2. The van der Waals surface area contributed by atoms with Crippen LogP contribution in [0, 0.1) is 0 Å². The number of hydrogen-bond donors (Lipinski definition) is 1. The summed E-state index contributed by atoms with van der Waals surface area (Å²) in [5, 5.41) is 10.3. The fourth-order valence-corrected chi connectivity index (χ4v) is 1.93. The second-order valence-corrected chi connectivity index (χ2v) is 4.58. The van der Waals surface area contributed by atoms with Crippen LogP contribution in [-0.4, -0.2) is 42.2 Å². The highest BCUT2D eigenvalue weighted by atomic mass is 16.2. The molecule has 0 saturated heterocycles. The van der Waals surface area contributed by atoms with Gasteiger partial charge in [-0.15, -0.1) is 0 Å². The van der Waals surface area contributed by atoms with Crippen molar-refractivity contribution in [1.82, 2.24) is 35.1 Å². The Morgan fingerprint density at radius 3 is 2.70 bits per heavy atom. The maximum absolute atomic E-state index is 12.2. The summed E-state index contributed by atoms with van der Waals surface area (Å²) in [5.74, 6) is -0.360. The van der Waals surface area contributed by atoms with Gasteiger partial charge >= 0.3 is 5.69 Å². The van der Waals surface area contributed by atoms with Gasteiger partial charge in [-0.25, -0.2) is 9.78 Å². The van der Waals surface area contributed by atoms with Crippen molar-refractivity contribution in [3.63, 3.8) is 0 Å². The highest BCUT2D eigenvalue weighted by Crippen LogP contribution is 2.00. The van der Waals surface area contributed by atoms with Gasteiger partial charge in [-0.05, 0) is 22.6 Å². The standard InChI is InChI=1S/C14H13N7O2/c22-13(12-10-15-6-7-16-12)17-8-9-20-14(23)21(19-18-20)11-4-2-1-3-5-11/h1-7,10H,8-9H2,(H,17,22). The summed E-state index contributed by atoms with van der Waals surface area (Å²) in [6.07, 6.45) is 4.29. The quantitative estimate of drug-likeness (QED) is 0.690. The smallest absolute Gasteiger partial charge is 0.349 e. The first-order valence-electron chi connectivity index (χ1n) is 6.88. The molecule has 9 heteroatoms. The predicted molar refractivity (Wildman–Crippen MR) is 80.0 cm³/mol. The number of rotatable bonds is 5. The molecule has 0 aliphatic carbocycles. The zero-order chi connectivity index (χ0) is 16.1. The lowest BCUT2D eigenvalue weighted by molar-refractivity contribution is 0.0946. The summed E-state index contributed by atoms with van der Waals surface area (Å²) in [7, 11) is 0. The fourth-order valence-electron chi connectivity index (χ4n) is 1.93. The number of benzene rings is 1. The summed E-state index contributed by atoms with van der Waals surface area (Å²) < 4.78 is 2.38. The third kappa shape index (κ3) is 3.28. The molecule has 23 heavy (non-hydrogen) atoms. The van der Waals surface area contributed by atoms with Crippen molar-refractivity contribution >= 4 is 5.91 Å². The lowest BCUT2D eigenvalue weighted by Crippen LogP contribution is -2.32. The van der Waals surface area contributed by atoms with Gasteiger partial charge in [0, 0.05) is 18.9 Å². The molecule has 2 heterocycles. The van der Waals surface area contributed by atoms with Crippen LogP contribution in [0.3, 0.4) is 0 Å². The molecule has 1 aromatic carbocycles. The van der Waals surface area contributed by atoms with Crippen molar-refractivity contribution in [3.05, 3.63) is 65.1 Å². The summed E-state index contributed by atoms with van der Waals surface area (Å²) >= 11 is 0. The van der Waals surface area contributed by atoms with Gasteiger partial charge in [-0.2, -0.15) is 9.36 Å². The zero-order valence-electron chi connectivity index (χ0n) is 12.0. The average Bonchev–Trinajstić information content (AvgIpc) is 2.97. The van der Waals surface area contributed by atoms with E-state index in [1.165, 1.54) is 28.0 Å². The Bertz CT molecular complexity index is 842. The van der Waals surface area contributed by atoms with Crippen LogP contribution in [0.5, 0.6) is 0 Å². The Morgan fingerprint density at radius 2 is 1.96 bits per heavy atom. The molecule has 0 aliphatic rings. The average molecular weight is 311 g/mol. The largest absolute Gasteiger partial charge is 0.368 e. The Balaban J connectivity index is 1.63. The number of nitrogens with one attached hydrogen (secondary N) is 1. The number of hydrogen-bond acceptors (Lipinski definition) is 6. The van der Waals surface area contributed by atoms with Crippen molar-refractivity contribution < 1.29 is 4.79 Å². The molecule has 3 rings (SSSR count). The lowest BCUT2D eigenvalue weighted by atomic mass is 10.3. The number of para-hydroxylation sites is 1. The third-order valence-corrected chi connectivity index (χ3v) is 3.05. The molecular weight excluding hydrogens is 298 g/mol. The van der Waals surface area contributed by atoms with Gasteiger partial charge in [-0.1, -0.05) is 18.2 Å². The highest BCUT2D eigenvalue weighted by molar-refractivity contribution is 5.91. The van der Waals surface area contributed by atoms with Gasteiger partial charge in [0.05, 0.1) is 18.4 Å². The maximum atomic E-state index is 12.2. The van der Waals surface area contributed by atoms with Gasteiger partial charge in [0.2, 0.25) is 0 Å². The molecule has 0 saturated carbocycles. The minimum absolute atomic E-state index is 0.206. The first-order chi connectivity index (χ1) is 11.3. The Hall–Kier alpha value is -3.36. The minimum Gasteiger partial charge on any atom is -0.349 e. The van der Waals surface area contributed by atoms with Crippen molar-refractivity contribution in [1.29, 1.82) is 0 Å². The van der Waals surface area contributed by atoms with Gasteiger partial charge in [-0.3, -0.25) is 9.78 Å². The first kappa shape index (κ1) is 14.6. The van der Waals surface area contributed by atoms with Crippen molar-refractivity contribution in [2.24, 2.45) is 0 Å². The summed E-state index contributed by atoms with van der Waals surface area (Å²) in [6, 6.07) is 8.98. The van der Waals surface area contributed by atoms with Crippen LogP contribution in [0.1, 0.15) is 10.5 Å². The second-order valence-electron chi connectivity index (χ2n) is 4.58. The predicted octanol–water partition coefficient (Wildman–Crippen LogP) is -0.351. The van der Waals surface area contributed by atoms with Crippen LogP contribution in [0.4, 0.5) is 0 Å². The van der Waals surface area contributed by atoms with Crippen molar-refractivity contribution in [3.8, 4) is 5.69 Å². The first-order valence-corrected chi connectivity index (χ1v) is 6.88. The second kappa shape index (κ2) is 6.60. The molecule has 0 atom stereocenters. The Morgan fingerprint density at radius 1 is 1.13 bits per heavy atom. The molecule has 2 aromatic heterocycles. The summed E-state index contributed by atoms with van der Waals surface area (Å²) in [4.78, 5) is 31.7. The van der Waals surface area contributed by atoms with E-state index in [0.717, 1.165) is 0 Å². The number of tetrazole rings is 1. The molecule has 0 fully saturated rings. The monoisotopic (exact) mass is 311 g/mol. The number of aromatic nitrogens is 6. The molecule has 0 unspecified atom stereocenters. The van der Waals surface area contributed by atoms with Crippen molar-refractivity contribution in [2.45, 2.75) is 6.54 Å². The zero-order valence-corrected chi connectivity index (χ0v) is 12.0. The molecule has 0 radical (unpaired) electrons. The normalized spacial score (nSPS) is 10.4. The number of nitrogens with zero attached hydrogens (tertiary/aromatic N) is 6. The highest BCUT2D eigenvalue weighted by Gasteiger charge is 2.10. The van der Waals surface area contributed by atoms with Crippen LogP contribution in [0.15, 0.2) is 53.7 Å². The Labute approximate surface area is 130 Å². The molecule has 0 bridgehead atoms. The topological polar surface area (TPSA) is 108 Å². The van der Waals surface area contributed by atoms with Crippen LogP contribution >= 0.6 is 0 Å². The van der Waals surface area contributed by atoms with E-state index in [0.29, 0.717) is 5.69 Å². The van der Waals surface area contributed by atoms with Crippen LogP contribution in [0.25, 0.3) is 5.69 Å². The SMILES string of the molecule is O=C(NCCn1nnn(-c2ccccc2)c1=O)c1cnccn1. The summed E-state index contributed by atoms with van der Waals surface area (Å²) in [5.41, 5.74) is 0.477. The van der Waals surface area contributed by atoms with E-state index in [2.05, 4.69) is 25.7 Å². The molecule has 0 spiro atoms. The minimum atomic E-state index is -0.370. The van der Waals surface area contributed by atoms with E-state index in [4.69, 9.17) is 0 Å². The Kier molecular flexibility index (Phi) is 4.18. The van der Waals surface area contributed by atoms with Gasteiger partial charge < -0.3 is 5.32 Å². The molecule has 9 nitrogen and oxygen atoms in total. The summed E-state index contributed by atoms with van der Waals surface area (Å²) in [6.45, 7) is 0.431. The van der Waals surface area contributed by atoms with Crippen molar-refractivity contribution in [2.75, 3.05) is 6.54 Å². The van der Waals surface area contributed by atoms with Gasteiger partial charge in [0.1, 0.15) is 5.69 Å². The molecule has 3 aromatic rings. The number of carbonyl (C=O) groups is 1. The van der Waals surface area contributed by atoms with Crippen LogP contribution in [-0.2, 0) is 6.54 Å². The van der Waals surface area contributed by atoms with Crippen LogP contribution in [0.2, 0.25) is 0 Å². The van der Waals surface area contributed by atoms with E-state index in [9.17, 15) is 9.59 Å².